The first kappa shape index (κ1) is 10.6. The van der Waals surface area contributed by atoms with Crippen molar-refractivity contribution in [1.82, 2.24) is 10.3 Å². The number of carbonyl (C=O) groups is 1. The van der Waals surface area contributed by atoms with Gasteiger partial charge < -0.3 is 5.32 Å². The molecule has 3 nitrogen and oxygen atoms in total. The predicted molar refractivity (Wildman–Crippen MR) is 46.8 cm³/mol. The van der Waals surface area contributed by atoms with Gasteiger partial charge in [0.1, 0.15) is 0 Å². The SMILES string of the molecule is C[C@@H](NC(=O)C(F)F)c1ccccn1. The van der Waals surface area contributed by atoms with E-state index in [0.717, 1.165) is 0 Å². The quantitative estimate of drug-likeness (QED) is 0.803. The highest BCUT2D eigenvalue weighted by Gasteiger charge is 2.18. The van der Waals surface area contributed by atoms with Gasteiger partial charge >= 0.3 is 6.43 Å². The smallest absolute Gasteiger partial charge is 0.315 e. The van der Waals surface area contributed by atoms with Crippen LogP contribution in [0.2, 0.25) is 0 Å². The van der Waals surface area contributed by atoms with Crippen molar-refractivity contribution in [3.63, 3.8) is 0 Å². The zero-order chi connectivity index (χ0) is 10.6. The fourth-order valence-electron chi connectivity index (χ4n) is 0.982. The minimum absolute atomic E-state index is 0.502. The molecule has 0 aromatic carbocycles. The van der Waals surface area contributed by atoms with Crippen molar-refractivity contribution in [3.05, 3.63) is 30.1 Å². The first-order valence-electron chi connectivity index (χ1n) is 4.10. The fraction of sp³-hybridized carbons (Fsp3) is 0.333. The number of nitrogens with one attached hydrogen (secondary N) is 1. The lowest BCUT2D eigenvalue weighted by Crippen LogP contribution is -2.32. The van der Waals surface area contributed by atoms with Gasteiger partial charge in [-0.15, -0.1) is 0 Å². The molecule has 0 saturated carbocycles. The van der Waals surface area contributed by atoms with Crippen LogP contribution in [-0.4, -0.2) is 17.3 Å². The number of alkyl halides is 2. The zero-order valence-electron chi connectivity index (χ0n) is 7.58. The fourth-order valence-corrected chi connectivity index (χ4v) is 0.982. The molecule has 1 N–H and O–H groups in total. The second-order valence-corrected chi connectivity index (χ2v) is 2.79. The van der Waals surface area contributed by atoms with Gasteiger partial charge in [-0.1, -0.05) is 6.07 Å². The van der Waals surface area contributed by atoms with Gasteiger partial charge in [0.2, 0.25) is 0 Å². The Morgan fingerprint density at radius 3 is 2.71 bits per heavy atom. The van der Waals surface area contributed by atoms with Crippen LogP contribution >= 0.6 is 0 Å². The number of hydrogen-bond donors (Lipinski definition) is 1. The van der Waals surface area contributed by atoms with Gasteiger partial charge in [0, 0.05) is 6.20 Å². The van der Waals surface area contributed by atoms with Crippen LogP contribution in [0.5, 0.6) is 0 Å². The van der Waals surface area contributed by atoms with Crippen LogP contribution in [0.25, 0.3) is 0 Å². The van der Waals surface area contributed by atoms with Crippen LogP contribution in [0.3, 0.4) is 0 Å². The lowest BCUT2D eigenvalue weighted by Gasteiger charge is -2.12. The number of nitrogens with zero attached hydrogens (tertiary/aromatic N) is 1. The maximum Gasteiger partial charge on any atom is 0.315 e. The van der Waals surface area contributed by atoms with E-state index in [2.05, 4.69) is 10.3 Å². The third kappa shape index (κ3) is 2.76. The molecule has 1 rings (SSSR count). The first-order valence-corrected chi connectivity index (χ1v) is 4.10. The van der Waals surface area contributed by atoms with Gasteiger partial charge in [0.05, 0.1) is 11.7 Å². The van der Waals surface area contributed by atoms with Crippen molar-refractivity contribution in [3.8, 4) is 0 Å². The first-order chi connectivity index (χ1) is 6.61. The molecule has 0 aliphatic rings. The van der Waals surface area contributed by atoms with E-state index >= 15 is 0 Å². The van der Waals surface area contributed by atoms with Crippen molar-refractivity contribution in [2.45, 2.75) is 19.4 Å². The summed E-state index contributed by atoms with van der Waals surface area (Å²) >= 11 is 0. The van der Waals surface area contributed by atoms with Gasteiger partial charge in [-0.05, 0) is 19.1 Å². The maximum atomic E-state index is 11.9. The lowest BCUT2D eigenvalue weighted by molar-refractivity contribution is -0.132. The summed E-state index contributed by atoms with van der Waals surface area (Å²) in [7, 11) is 0. The average Bonchev–Trinajstić information content (AvgIpc) is 2.19. The Hall–Kier alpha value is -1.52. The Morgan fingerprint density at radius 1 is 1.50 bits per heavy atom. The van der Waals surface area contributed by atoms with Crippen molar-refractivity contribution in [2.24, 2.45) is 0 Å². The van der Waals surface area contributed by atoms with Crippen LogP contribution in [0.15, 0.2) is 24.4 Å². The molecule has 0 bridgehead atoms. The van der Waals surface area contributed by atoms with Crippen molar-refractivity contribution in [2.75, 3.05) is 0 Å². The van der Waals surface area contributed by atoms with Gasteiger partial charge in [0.25, 0.3) is 5.91 Å². The number of pyridine rings is 1. The van der Waals surface area contributed by atoms with E-state index in [0.29, 0.717) is 5.69 Å². The molecule has 0 fully saturated rings. The van der Waals surface area contributed by atoms with Gasteiger partial charge in [0.15, 0.2) is 0 Å². The molecule has 1 aromatic heterocycles. The monoisotopic (exact) mass is 200 g/mol. The summed E-state index contributed by atoms with van der Waals surface area (Å²) in [5.41, 5.74) is 0.557. The molecule has 0 spiro atoms. The molecule has 0 aliphatic carbocycles. The topological polar surface area (TPSA) is 42.0 Å². The standard InChI is InChI=1S/C9H10F2N2O/c1-6(13-9(14)8(10)11)7-4-2-3-5-12-7/h2-6,8H,1H3,(H,13,14)/t6-/m1/s1. The maximum absolute atomic E-state index is 11.9. The highest BCUT2D eigenvalue weighted by molar-refractivity contribution is 5.79. The predicted octanol–water partition coefficient (Wildman–Crippen LogP) is 1.52. The second kappa shape index (κ2) is 4.64. The average molecular weight is 200 g/mol. The largest absolute Gasteiger partial charge is 0.343 e. The molecule has 1 aromatic rings. The summed E-state index contributed by atoms with van der Waals surface area (Å²) in [5, 5.41) is 2.14. The number of halogens is 2. The summed E-state index contributed by atoms with van der Waals surface area (Å²) in [4.78, 5) is 14.6. The Balaban J connectivity index is 2.59. The van der Waals surface area contributed by atoms with E-state index in [-0.39, 0.29) is 0 Å². The zero-order valence-corrected chi connectivity index (χ0v) is 7.58. The van der Waals surface area contributed by atoms with E-state index in [9.17, 15) is 13.6 Å². The van der Waals surface area contributed by atoms with E-state index in [1.54, 1.807) is 31.3 Å². The molecular weight excluding hydrogens is 190 g/mol. The van der Waals surface area contributed by atoms with Crippen molar-refractivity contribution in [1.29, 1.82) is 0 Å². The number of rotatable bonds is 3. The molecule has 0 unspecified atom stereocenters. The van der Waals surface area contributed by atoms with E-state index in [1.165, 1.54) is 0 Å². The minimum atomic E-state index is -2.99. The van der Waals surface area contributed by atoms with Crippen LogP contribution in [0, 0.1) is 0 Å². The summed E-state index contributed by atoms with van der Waals surface area (Å²) in [6.45, 7) is 1.60. The highest BCUT2D eigenvalue weighted by atomic mass is 19.3. The molecule has 76 valence electrons. The van der Waals surface area contributed by atoms with Crippen molar-refractivity contribution < 1.29 is 13.6 Å². The van der Waals surface area contributed by atoms with E-state index in [4.69, 9.17) is 0 Å². The number of hydrogen-bond acceptors (Lipinski definition) is 2. The summed E-state index contributed by atoms with van der Waals surface area (Å²) in [6, 6.07) is 4.60. The van der Waals surface area contributed by atoms with Crippen molar-refractivity contribution >= 4 is 5.91 Å². The van der Waals surface area contributed by atoms with Gasteiger partial charge in [-0.25, -0.2) is 0 Å². The molecule has 1 amide bonds. The Morgan fingerprint density at radius 2 is 2.21 bits per heavy atom. The van der Waals surface area contributed by atoms with Gasteiger partial charge in [-0.2, -0.15) is 8.78 Å². The van der Waals surface area contributed by atoms with Crippen LogP contribution in [0.4, 0.5) is 8.78 Å². The normalized spacial score (nSPS) is 12.6. The molecular formula is C9H10F2N2O. The summed E-state index contributed by atoms with van der Waals surface area (Å²) in [5.74, 6) is -1.27. The lowest BCUT2D eigenvalue weighted by atomic mass is 10.2. The minimum Gasteiger partial charge on any atom is -0.343 e. The Bertz CT molecular complexity index is 303. The molecule has 1 atom stereocenters. The Labute approximate surface area is 80.2 Å². The van der Waals surface area contributed by atoms with Crippen LogP contribution < -0.4 is 5.32 Å². The third-order valence-electron chi connectivity index (χ3n) is 1.69. The second-order valence-electron chi connectivity index (χ2n) is 2.79. The molecule has 0 saturated heterocycles. The van der Waals surface area contributed by atoms with Crippen LogP contribution in [0.1, 0.15) is 18.7 Å². The molecule has 0 aliphatic heterocycles. The summed E-state index contributed by atoms with van der Waals surface area (Å²) < 4.78 is 23.7. The van der Waals surface area contributed by atoms with Gasteiger partial charge in [-0.3, -0.25) is 9.78 Å². The summed E-state index contributed by atoms with van der Waals surface area (Å²) in [6.07, 6.45) is -1.44. The molecule has 0 radical (unpaired) electrons. The van der Waals surface area contributed by atoms with Crippen LogP contribution in [-0.2, 0) is 4.79 Å². The number of carbonyl (C=O) groups excluding carboxylic acids is 1. The molecule has 5 heteroatoms. The Kier molecular flexibility index (Phi) is 3.50. The van der Waals surface area contributed by atoms with E-state index in [1.807, 2.05) is 0 Å². The third-order valence-corrected chi connectivity index (χ3v) is 1.69. The molecule has 1 heterocycles. The number of aromatic nitrogens is 1. The molecule has 14 heavy (non-hydrogen) atoms. The van der Waals surface area contributed by atoms with E-state index < -0.39 is 18.4 Å². The number of amides is 1. The highest BCUT2D eigenvalue weighted by Crippen LogP contribution is 2.08.